The lowest BCUT2D eigenvalue weighted by Gasteiger charge is -2.26. The Morgan fingerprint density at radius 2 is 2.19 bits per heavy atom. The molecule has 0 bridgehead atoms. The van der Waals surface area contributed by atoms with E-state index in [0.717, 1.165) is 5.39 Å². The van der Waals surface area contributed by atoms with Gasteiger partial charge >= 0.3 is 5.97 Å². The van der Waals surface area contributed by atoms with Gasteiger partial charge in [0.2, 0.25) is 11.8 Å². The van der Waals surface area contributed by atoms with E-state index in [1.807, 2.05) is 4.90 Å². The molecule has 2 fully saturated rings. The first-order chi connectivity index (χ1) is 12.5. The van der Waals surface area contributed by atoms with Crippen LogP contribution in [0.1, 0.15) is 35.4 Å². The molecule has 0 aliphatic carbocycles. The van der Waals surface area contributed by atoms with E-state index in [0.29, 0.717) is 54.3 Å². The SMILES string of the molecule is COC(=O)c1cc2c(N3CCC4(CCCC(=O)NC4=O)C3)ncnc2s1. The van der Waals surface area contributed by atoms with Gasteiger partial charge in [0.25, 0.3) is 0 Å². The fraction of sp³-hybridized carbons (Fsp3) is 0.471. The van der Waals surface area contributed by atoms with Crippen molar-refractivity contribution in [3.8, 4) is 0 Å². The summed E-state index contributed by atoms with van der Waals surface area (Å²) in [6, 6.07) is 1.74. The number of ether oxygens (including phenoxy) is 1. The van der Waals surface area contributed by atoms with Gasteiger partial charge in [-0.25, -0.2) is 14.8 Å². The number of anilines is 1. The van der Waals surface area contributed by atoms with E-state index in [-0.39, 0.29) is 11.8 Å². The Morgan fingerprint density at radius 3 is 3.00 bits per heavy atom. The van der Waals surface area contributed by atoms with Crippen molar-refractivity contribution in [2.45, 2.75) is 25.7 Å². The number of rotatable bonds is 2. The van der Waals surface area contributed by atoms with Gasteiger partial charge in [0.1, 0.15) is 21.9 Å². The Hall–Kier alpha value is -2.55. The highest BCUT2D eigenvalue weighted by Crippen LogP contribution is 2.41. The van der Waals surface area contributed by atoms with Crippen molar-refractivity contribution >= 4 is 45.2 Å². The molecule has 1 N–H and O–H groups in total. The number of carbonyl (C=O) groups excluding carboxylic acids is 3. The van der Waals surface area contributed by atoms with E-state index in [4.69, 9.17) is 4.74 Å². The summed E-state index contributed by atoms with van der Waals surface area (Å²) in [5, 5.41) is 3.29. The molecule has 4 heterocycles. The molecule has 2 saturated heterocycles. The van der Waals surface area contributed by atoms with Gasteiger partial charge in [0.15, 0.2) is 0 Å². The second kappa shape index (κ2) is 6.31. The normalized spacial score (nSPS) is 23.3. The van der Waals surface area contributed by atoms with E-state index in [2.05, 4.69) is 15.3 Å². The van der Waals surface area contributed by atoms with E-state index >= 15 is 0 Å². The molecule has 8 nitrogen and oxygen atoms in total. The number of amides is 2. The summed E-state index contributed by atoms with van der Waals surface area (Å²) >= 11 is 1.26. The highest BCUT2D eigenvalue weighted by molar-refractivity contribution is 7.20. The zero-order chi connectivity index (χ0) is 18.3. The van der Waals surface area contributed by atoms with Crippen LogP contribution in [-0.2, 0) is 14.3 Å². The monoisotopic (exact) mass is 374 g/mol. The van der Waals surface area contributed by atoms with Gasteiger partial charge in [-0.2, -0.15) is 0 Å². The zero-order valence-corrected chi connectivity index (χ0v) is 15.1. The zero-order valence-electron chi connectivity index (χ0n) is 14.3. The van der Waals surface area contributed by atoms with Gasteiger partial charge in [0.05, 0.1) is 17.9 Å². The summed E-state index contributed by atoms with van der Waals surface area (Å²) in [6.45, 7) is 1.17. The first kappa shape index (κ1) is 16.9. The quantitative estimate of drug-likeness (QED) is 0.628. The largest absolute Gasteiger partial charge is 0.465 e. The molecule has 0 radical (unpaired) electrons. The molecule has 0 saturated carbocycles. The van der Waals surface area contributed by atoms with Gasteiger partial charge in [-0.05, 0) is 25.3 Å². The summed E-state index contributed by atoms with van der Waals surface area (Å²) in [6.07, 6.45) is 3.92. The maximum absolute atomic E-state index is 12.6. The number of carbonyl (C=O) groups is 3. The number of esters is 1. The Morgan fingerprint density at radius 1 is 1.35 bits per heavy atom. The second-order valence-corrected chi connectivity index (χ2v) is 7.73. The van der Waals surface area contributed by atoms with Gasteiger partial charge in [-0.1, -0.05) is 0 Å². The van der Waals surface area contributed by atoms with Crippen LogP contribution in [0.2, 0.25) is 0 Å². The van der Waals surface area contributed by atoms with Crippen molar-refractivity contribution in [2.24, 2.45) is 5.41 Å². The Balaban J connectivity index is 1.66. The summed E-state index contributed by atoms with van der Waals surface area (Å²) in [5.41, 5.74) is -0.565. The Labute approximate surface area is 153 Å². The summed E-state index contributed by atoms with van der Waals surface area (Å²) in [4.78, 5) is 47.9. The summed E-state index contributed by atoms with van der Waals surface area (Å²) < 4.78 is 4.78. The Bertz CT molecular complexity index is 911. The number of thiophene rings is 1. The molecule has 0 aromatic carbocycles. The van der Waals surface area contributed by atoms with Crippen molar-refractivity contribution in [3.05, 3.63) is 17.3 Å². The van der Waals surface area contributed by atoms with Crippen LogP contribution < -0.4 is 10.2 Å². The molecule has 1 spiro atoms. The van der Waals surface area contributed by atoms with Crippen molar-refractivity contribution in [2.75, 3.05) is 25.1 Å². The van der Waals surface area contributed by atoms with Crippen LogP contribution in [-0.4, -0.2) is 48.0 Å². The van der Waals surface area contributed by atoms with Gasteiger partial charge in [-0.3, -0.25) is 14.9 Å². The lowest BCUT2D eigenvalue weighted by atomic mass is 9.82. The van der Waals surface area contributed by atoms with Crippen molar-refractivity contribution < 1.29 is 19.1 Å². The van der Waals surface area contributed by atoms with Gasteiger partial charge in [-0.15, -0.1) is 11.3 Å². The van der Waals surface area contributed by atoms with Gasteiger partial charge < -0.3 is 9.64 Å². The molecule has 2 aliphatic heterocycles. The van der Waals surface area contributed by atoms with Crippen LogP contribution >= 0.6 is 11.3 Å². The van der Waals surface area contributed by atoms with Crippen molar-refractivity contribution in [3.63, 3.8) is 0 Å². The molecule has 2 aliphatic rings. The van der Waals surface area contributed by atoms with Gasteiger partial charge in [0, 0.05) is 19.5 Å². The van der Waals surface area contributed by atoms with E-state index in [1.54, 1.807) is 6.07 Å². The number of fused-ring (bicyclic) bond motifs is 1. The third-order valence-electron chi connectivity index (χ3n) is 5.14. The molecule has 26 heavy (non-hydrogen) atoms. The van der Waals surface area contributed by atoms with Crippen LogP contribution in [0.5, 0.6) is 0 Å². The van der Waals surface area contributed by atoms with Crippen molar-refractivity contribution in [1.29, 1.82) is 0 Å². The van der Waals surface area contributed by atoms with Crippen LogP contribution in [0.15, 0.2) is 12.4 Å². The second-order valence-electron chi connectivity index (χ2n) is 6.70. The third kappa shape index (κ3) is 2.72. The van der Waals surface area contributed by atoms with Crippen molar-refractivity contribution in [1.82, 2.24) is 15.3 Å². The standard InChI is InChI=1S/C17H18N4O4S/c1-25-15(23)11-7-10-13(18-9-19-14(10)26-11)21-6-5-17(8-21)4-2-3-12(22)20-16(17)24/h7,9H,2-6,8H2,1H3,(H,20,22,24). The maximum atomic E-state index is 12.6. The average molecular weight is 374 g/mol. The molecule has 4 rings (SSSR count). The lowest BCUT2D eigenvalue weighted by Crippen LogP contribution is -2.43. The number of nitrogens with one attached hydrogen (secondary N) is 1. The fourth-order valence-corrected chi connectivity index (χ4v) is 4.67. The first-order valence-electron chi connectivity index (χ1n) is 8.44. The number of aromatic nitrogens is 2. The van der Waals surface area contributed by atoms with E-state index in [9.17, 15) is 14.4 Å². The van der Waals surface area contributed by atoms with Crippen LogP contribution in [0.4, 0.5) is 5.82 Å². The topological polar surface area (TPSA) is 101 Å². The van der Waals surface area contributed by atoms with Crippen LogP contribution in [0.25, 0.3) is 10.2 Å². The molecule has 136 valence electrons. The predicted molar refractivity (Wildman–Crippen MR) is 95.0 cm³/mol. The van der Waals surface area contributed by atoms with Crippen LogP contribution in [0.3, 0.4) is 0 Å². The molecular weight excluding hydrogens is 356 g/mol. The van der Waals surface area contributed by atoms with E-state index in [1.165, 1.54) is 24.8 Å². The maximum Gasteiger partial charge on any atom is 0.348 e. The van der Waals surface area contributed by atoms with Crippen LogP contribution in [0, 0.1) is 5.41 Å². The molecular formula is C17H18N4O4S. The summed E-state index contributed by atoms with van der Waals surface area (Å²) in [5.74, 6) is -0.0798. The van der Waals surface area contributed by atoms with E-state index < -0.39 is 11.4 Å². The minimum Gasteiger partial charge on any atom is -0.465 e. The third-order valence-corrected chi connectivity index (χ3v) is 6.17. The fourth-order valence-electron chi connectivity index (χ4n) is 3.76. The predicted octanol–water partition coefficient (Wildman–Crippen LogP) is 1.50. The highest BCUT2D eigenvalue weighted by Gasteiger charge is 2.46. The number of hydrogen-bond acceptors (Lipinski definition) is 8. The molecule has 2 amide bonds. The number of imide groups is 1. The highest BCUT2D eigenvalue weighted by atomic mass is 32.1. The number of methoxy groups -OCH3 is 1. The minimum absolute atomic E-state index is 0.187. The molecule has 2 aromatic rings. The molecule has 2 aromatic heterocycles. The Kier molecular flexibility index (Phi) is 4.10. The molecule has 9 heteroatoms. The number of nitrogens with zero attached hydrogens (tertiary/aromatic N) is 3. The average Bonchev–Trinajstić information content (AvgIpc) is 3.22. The first-order valence-corrected chi connectivity index (χ1v) is 9.26. The number of hydrogen-bond donors (Lipinski definition) is 1. The smallest absolute Gasteiger partial charge is 0.348 e. The molecule has 1 atom stereocenters. The summed E-state index contributed by atoms with van der Waals surface area (Å²) in [7, 11) is 1.34. The lowest BCUT2D eigenvalue weighted by molar-refractivity contribution is -0.134. The molecule has 1 unspecified atom stereocenters. The minimum atomic E-state index is -0.565.